The third kappa shape index (κ3) is 4.23. The molecule has 0 radical (unpaired) electrons. The lowest BCUT2D eigenvalue weighted by atomic mass is 9.78. The fraction of sp³-hybridized carbons (Fsp3) is 0.611. The maximum absolute atomic E-state index is 11.8. The van der Waals surface area contributed by atoms with Crippen LogP contribution in [0, 0.1) is 11.8 Å². The minimum absolute atomic E-state index is 0.233. The third-order valence-corrected chi connectivity index (χ3v) is 4.62. The van der Waals surface area contributed by atoms with Gasteiger partial charge in [-0.1, -0.05) is 33.6 Å². The number of benzene rings is 1. The number of nitrogens with one attached hydrogen (secondary N) is 1. The lowest BCUT2D eigenvalue weighted by Gasteiger charge is -2.35. The molecule has 1 aliphatic carbocycles. The SMILES string of the molecule is CCCOC(=O)c1ccc(NC2CCCC(C)C2C)cc1. The van der Waals surface area contributed by atoms with Crippen molar-refractivity contribution in [1.29, 1.82) is 0 Å². The molecule has 1 saturated carbocycles. The van der Waals surface area contributed by atoms with E-state index in [4.69, 9.17) is 4.74 Å². The number of hydrogen-bond donors (Lipinski definition) is 1. The average Bonchev–Trinajstić information content (AvgIpc) is 2.50. The number of ether oxygens (including phenoxy) is 1. The molecule has 0 aromatic heterocycles. The number of carbonyl (C=O) groups excluding carboxylic acids is 1. The molecule has 0 amide bonds. The fourth-order valence-corrected chi connectivity index (χ4v) is 2.98. The van der Waals surface area contributed by atoms with Crippen LogP contribution in [-0.4, -0.2) is 18.6 Å². The highest BCUT2D eigenvalue weighted by Gasteiger charge is 2.26. The van der Waals surface area contributed by atoms with Crippen LogP contribution in [-0.2, 0) is 4.74 Å². The van der Waals surface area contributed by atoms with Crippen LogP contribution in [0.5, 0.6) is 0 Å². The molecular formula is C18H27NO2. The topological polar surface area (TPSA) is 38.3 Å². The van der Waals surface area contributed by atoms with Crippen LogP contribution < -0.4 is 5.32 Å². The van der Waals surface area contributed by atoms with Crippen LogP contribution in [0.25, 0.3) is 0 Å². The summed E-state index contributed by atoms with van der Waals surface area (Å²) >= 11 is 0. The quantitative estimate of drug-likeness (QED) is 0.812. The number of esters is 1. The largest absolute Gasteiger partial charge is 0.462 e. The number of anilines is 1. The van der Waals surface area contributed by atoms with Gasteiger partial charge in [0.1, 0.15) is 0 Å². The maximum atomic E-state index is 11.8. The van der Waals surface area contributed by atoms with Crippen molar-refractivity contribution in [3.8, 4) is 0 Å². The zero-order chi connectivity index (χ0) is 15.2. The first-order valence-corrected chi connectivity index (χ1v) is 8.15. The molecule has 21 heavy (non-hydrogen) atoms. The molecule has 1 aromatic rings. The maximum Gasteiger partial charge on any atom is 0.338 e. The van der Waals surface area contributed by atoms with Crippen molar-refractivity contribution in [2.24, 2.45) is 11.8 Å². The molecule has 3 heteroatoms. The van der Waals surface area contributed by atoms with Crippen molar-refractivity contribution in [1.82, 2.24) is 0 Å². The van der Waals surface area contributed by atoms with Gasteiger partial charge in [0.15, 0.2) is 0 Å². The zero-order valence-corrected chi connectivity index (χ0v) is 13.4. The van der Waals surface area contributed by atoms with Gasteiger partial charge in [-0.25, -0.2) is 4.79 Å². The van der Waals surface area contributed by atoms with E-state index in [0.717, 1.165) is 18.0 Å². The monoisotopic (exact) mass is 289 g/mol. The number of carbonyl (C=O) groups is 1. The van der Waals surface area contributed by atoms with E-state index in [1.807, 2.05) is 31.2 Å². The van der Waals surface area contributed by atoms with E-state index in [1.165, 1.54) is 19.3 Å². The van der Waals surface area contributed by atoms with Crippen LogP contribution in [0.3, 0.4) is 0 Å². The Labute approximate surface area is 128 Å². The summed E-state index contributed by atoms with van der Waals surface area (Å²) in [6, 6.07) is 8.18. The average molecular weight is 289 g/mol. The van der Waals surface area contributed by atoms with Gasteiger partial charge in [0.2, 0.25) is 0 Å². The first-order chi connectivity index (χ1) is 10.1. The van der Waals surface area contributed by atoms with Gasteiger partial charge >= 0.3 is 5.97 Å². The predicted molar refractivity (Wildman–Crippen MR) is 86.6 cm³/mol. The lowest BCUT2D eigenvalue weighted by molar-refractivity contribution is 0.0505. The normalized spacial score (nSPS) is 25.4. The van der Waals surface area contributed by atoms with Gasteiger partial charge in [0.25, 0.3) is 0 Å². The Bertz CT molecular complexity index is 455. The van der Waals surface area contributed by atoms with Crippen LogP contribution in [0.2, 0.25) is 0 Å². The molecule has 1 aromatic carbocycles. The van der Waals surface area contributed by atoms with Crippen molar-refractivity contribution in [3.63, 3.8) is 0 Å². The van der Waals surface area contributed by atoms with E-state index < -0.39 is 0 Å². The summed E-state index contributed by atoms with van der Waals surface area (Å²) < 4.78 is 5.14. The van der Waals surface area contributed by atoms with Crippen LogP contribution in [0.4, 0.5) is 5.69 Å². The molecule has 0 saturated heterocycles. The minimum atomic E-state index is -0.233. The second-order valence-electron chi connectivity index (χ2n) is 6.23. The van der Waals surface area contributed by atoms with Crippen LogP contribution in [0.1, 0.15) is 56.8 Å². The van der Waals surface area contributed by atoms with E-state index in [-0.39, 0.29) is 5.97 Å². The third-order valence-electron chi connectivity index (χ3n) is 4.62. The number of rotatable bonds is 5. The summed E-state index contributed by atoms with van der Waals surface area (Å²) in [5, 5.41) is 3.62. The van der Waals surface area contributed by atoms with E-state index in [2.05, 4.69) is 19.2 Å². The van der Waals surface area contributed by atoms with Gasteiger partial charge in [-0.05, 0) is 48.9 Å². The zero-order valence-electron chi connectivity index (χ0n) is 13.4. The second kappa shape index (κ2) is 7.48. The number of hydrogen-bond acceptors (Lipinski definition) is 3. The first-order valence-electron chi connectivity index (χ1n) is 8.15. The molecule has 2 rings (SSSR count). The second-order valence-corrected chi connectivity index (χ2v) is 6.23. The van der Waals surface area contributed by atoms with Crippen LogP contribution >= 0.6 is 0 Å². The van der Waals surface area contributed by atoms with Gasteiger partial charge < -0.3 is 10.1 Å². The molecule has 3 unspecified atom stereocenters. The molecule has 1 N–H and O–H groups in total. The van der Waals surface area contributed by atoms with Crippen molar-refractivity contribution in [2.75, 3.05) is 11.9 Å². The van der Waals surface area contributed by atoms with Gasteiger partial charge in [0, 0.05) is 11.7 Å². The van der Waals surface area contributed by atoms with Gasteiger partial charge in [-0.2, -0.15) is 0 Å². The van der Waals surface area contributed by atoms with Gasteiger partial charge in [-0.15, -0.1) is 0 Å². The summed E-state index contributed by atoms with van der Waals surface area (Å²) in [6.45, 7) is 7.15. The molecule has 3 nitrogen and oxygen atoms in total. The molecule has 0 spiro atoms. The fourth-order valence-electron chi connectivity index (χ4n) is 2.98. The molecule has 116 valence electrons. The van der Waals surface area contributed by atoms with Crippen molar-refractivity contribution < 1.29 is 9.53 Å². The predicted octanol–water partition coefficient (Wildman–Crippen LogP) is 4.49. The van der Waals surface area contributed by atoms with Gasteiger partial charge in [0.05, 0.1) is 12.2 Å². The summed E-state index contributed by atoms with van der Waals surface area (Å²) in [4.78, 5) is 11.8. The van der Waals surface area contributed by atoms with E-state index >= 15 is 0 Å². The lowest BCUT2D eigenvalue weighted by Crippen LogP contribution is -2.34. The van der Waals surface area contributed by atoms with Gasteiger partial charge in [-0.3, -0.25) is 0 Å². The highest BCUT2D eigenvalue weighted by atomic mass is 16.5. The minimum Gasteiger partial charge on any atom is -0.462 e. The standard InChI is InChI=1S/C18H27NO2/c1-4-12-21-18(20)15-8-10-16(11-9-15)19-17-7-5-6-13(2)14(17)3/h8-11,13-14,17,19H,4-7,12H2,1-3H3. The summed E-state index contributed by atoms with van der Waals surface area (Å²) in [5.41, 5.74) is 1.71. The summed E-state index contributed by atoms with van der Waals surface area (Å²) in [7, 11) is 0. The van der Waals surface area contributed by atoms with Crippen LogP contribution in [0.15, 0.2) is 24.3 Å². The molecule has 1 fully saturated rings. The van der Waals surface area contributed by atoms with E-state index in [9.17, 15) is 4.79 Å². The Morgan fingerprint density at radius 2 is 1.95 bits per heavy atom. The highest BCUT2D eigenvalue weighted by Crippen LogP contribution is 2.31. The first kappa shape index (κ1) is 15.9. The Morgan fingerprint density at radius 3 is 2.62 bits per heavy atom. The Hall–Kier alpha value is -1.51. The molecule has 0 aliphatic heterocycles. The molecule has 0 heterocycles. The Kier molecular flexibility index (Phi) is 5.66. The molecule has 3 atom stereocenters. The highest BCUT2D eigenvalue weighted by molar-refractivity contribution is 5.89. The molecule has 1 aliphatic rings. The Morgan fingerprint density at radius 1 is 1.24 bits per heavy atom. The van der Waals surface area contributed by atoms with Crippen molar-refractivity contribution >= 4 is 11.7 Å². The smallest absolute Gasteiger partial charge is 0.338 e. The molecular weight excluding hydrogens is 262 g/mol. The summed E-state index contributed by atoms with van der Waals surface area (Å²) in [5.74, 6) is 1.23. The van der Waals surface area contributed by atoms with E-state index in [0.29, 0.717) is 24.1 Å². The Balaban J connectivity index is 1.94. The van der Waals surface area contributed by atoms with Crippen molar-refractivity contribution in [3.05, 3.63) is 29.8 Å². The van der Waals surface area contributed by atoms with Crippen molar-refractivity contribution in [2.45, 2.75) is 52.5 Å². The summed E-state index contributed by atoms with van der Waals surface area (Å²) in [6.07, 6.45) is 4.71. The molecule has 0 bridgehead atoms. The van der Waals surface area contributed by atoms with E-state index in [1.54, 1.807) is 0 Å².